The summed E-state index contributed by atoms with van der Waals surface area (Å²) in [5.41, 5.74) is 1.77. The van der Waals surface area contributed by atoms with E-state index in [1.165, 1.54) is 0 Å². The second-order valence-corrected chi connectivity index (χ2v) is 3.41. The van der Waals surface area contributed by atoms with Gasteiger partial charge in [-0.05, 0) is 11.6 Å². The Morgan fingerprint density at radius 1 is 1.53 bits per heavy atom. The molecule has 0 atom stereocenters. The molecule has 0 saturated heterocycles. The Morgan fingerprint density at radius 3 is 3.00 bits per heavy atom. The Labute approximate surface area is 88.1 Å². The standard InChI is InChI=1S/C11H13NO3/c1-15-9-4-2-3-8-7-10(14)12(5-6-13)11(8)9/h2-4,13H,5-7H2,1H3. The van der Waals surface area contributed by atoms with E-state index < -0.39 is 0 Å². The lowest BCUT2D eigenvalue weighted by molar-refractivity contribution is -0.117. The Hall–Kier alpha value is -1.55. The summed E-state index contributed by atoms with van der Waals surface area (Å²) >= 11 is 0. The maximum Gasteiger partial charge on any atom is 0.231 e. The number of hydrogen-bond acceptors (Lipinski definition) is 3. The van der Waals surface area contributed by atoms with Gasteiger partial charge in [-0.15, -0.1) is 0 Å². The molecular formula is C11H13NO3. The summed E-state index contributed by atoms with van der Waals surface area (Å²) in [7, 11) is 1.58. The molecule has 1 N–H and O–H groups in total. The topological polar surface area (TPSA) is 49.8 Å². The summed E-state index contributed by atoms with van der Waals surface area (Å²) in [4.78, 5) is 13.2. The van der Waals surface area contributed by atoms with Crippen LogP contribution in [-0.2, 0) is 11.2 Å². The van der Waals surface area contributed by atoms with Crippen molar-refractivity contribution in [1.29, 1.82) is 0 Å². The van der Waals surface area contributed by atoms with Gasteiger partial charge in [0.1, 0.15) is 5.75 Å². The van der Waals surface area contributed by atoms with E-state index in [4.69, 9.17) is 9.84 Å². The van der Waals surface area contributed by atoms with Crippen molar-refractivity contribution in [3.63, 3.8) is 0 Å². The number of rotatable bonds is 3. The summed E-state index contributed by atoms with van der Waals surface area (Å²) in [6.45, 7) is 0.287. The van der Waals surface area contributed by atoms with Crippen LogP contribution in [0.3, 0.4) is 0 Å². The fraction of sp³-hybridized carbons (Fsp3) is 0.364. The molecule has 0 fully saturated rings. The maximum absolute atomic E-state index is 11.6. The number of aliphatic hydroxyl groups excluding tert-OH is 1. The Morgan fingerprint density at radius 2 is 2.33 bits per heavy atom. The van der Waals surface area contributed by atoms with Crippen molar-refractivity contribution in [2.24, 2.45) is 0 Å². The first-order chi connectivity index (χ1) is 7.27. The Balaban J connectivity index is 2.45. The number of methoxy groups -OCH3 is 1. The van der Waals surface area contributed by atoms with E-state index >= 15 is 0 Å². The molecule has 1 aromatic carbocycles. The lowest BCUT2D eigenvalue weighted by atomic mass is 10.1. The van der Waals surface area contributed by atoms with Gasteiger partial charge in [0.05, 0.1) is 25.8 Å². The van der Waals surface area contributed by atoms with Crippen molar-refractivity contribution < 1.29 is 14.6 Å². The van der Waals surface area contributed by atoms with E-state index in [-0.39, 0.29) is 12.5 Å². The van der Waals surface area contributed by atoms with Crippen molar-refractivity contribution in [3.05, 3.63) is 23.8 Å². The zero-order chi connectivity index (χ0) is 10.8. The lowest BCUT2D eigenvalue weighted by Gasteiger charge is -2.18. The molecule has 1 amide bonds. The second kappa shape index (κ2) is 3.90. The van der Waals surface area contributed by atoms with Gasteiger partial charge in [0, 0.05) is 6.54 Å². The molecule has 0 bridgehead atoms. The Bertz CT molecular complexity index is 389. The quantitative estimate of drug-likeness (QED) is 0.788. The average molecular weight is 207 g/mol. The number of ether oxygens (including phenoxy) is 1. The molecule has 1 aliphatic rings. The maximum atomic E-state index is 11.6. The van der Waals surface area contributed by atoms with Crippen molar-refractivity contribution >= 4 is 11.6 Å². The predicted octanol–water partition coefficient (Wildman–Crippen LogP) is 0.577. The van der Waals surface area contributed by atoms with Gasteiger partial charge in [-0.3, -0.25) is 4.79 Å². The minimum Gasteiger partial charge on any atom is -0.495 e. The number of amides is 1. The number of fused-ring (bicyclic) bond motifs is 1. The van der Waals surface area contributed by atoms with Crippen LogP contribution >= 0.6 is 0 Å². The summed E-state index contributed by atoms with van der Waals surface area (Å²) in [5.74, 6) is 0.704. The highest BCUT2D eigenvalue weighted by Crippen LogP contribution is 2.37. The molecule has 0 saturated carbocycles. The molecular weight excluding hydrogens is 194 g/mol. The molecule has 2 rings (SSSR count). The minimum atomic E-state index is -0.0385. The number of para-hydroxylation sites is 1. The molecule has 15 heavy (non-hydrogen) atoms. The average Bonchev–Trinajstić information content (AvgIpc) is 2.56. The monoisotopic (exact) mass is 207 g/mol. The van der Waals surface area contributed by atoms with Gasteiger partial charge in [0.2, 0.25) is 5.91 Å². The fourth-order valence-electron chi connectivity index (χ4n) is 1.90. The van der Waals surface area contributed by atoms with E-state index in [0.717, 1.165) is 11.3 Å². The van der Waals surface area contributed by atoms with Gasteiger partial charge in [-0.25, -0.2) is 0 Å². The first kappa shape index (κ1) is 9.98. The fourth-order valence-corrected chi connectivity index (χ4v) is 1.90. The molecule has 1 heterocycles. The summed E-state index contributed by atoms with van der Waals surface area (Å²) in [6.07, 6.45) is 0.395. The number of carbonyl (C=O) groups excluding carboxylic acids is 1. The van der Waals surface area contributed by atoms with Crippen LogP contribution in [0.1, 0.15) is 5.56 Å². The first-order valence-electron chi connectivity index (χ1n) is 4.85. The van der Waals surface area contributed by atoms with Crippen molar-refractivity contribution in [2.75, 3.05) is 25.2 Å². The van der Waals surface area contributed by atoms with Crippen LogP contribution in [0.25, 0.3) is 0 Å². The second-order valence-electron chi connectivity index (χ2n) is 3.41. The van der Waals surface area contributed by atoms with Crippen molar-refractivity contribution in [2.45, 2.75) is 6.42 Å². The SMILES string of the molecule is COc1cccc2c1N(CCO)C(=O)C2. The van der Waals surface area contributed by atoms with Crippen molar-refractivity contribution in [3.8, 4) is 5.75 Å². The predicted molar refractivity (Wildman–Crippen MR) is 56.1 cm³/mol. The van der Waals surface area contributed by atoms with E-state index in [0.29, 0.717) is 18.7 Å². The van der Waals surface area contributed by atoms with E-state index in [1.54, 1.807) is 12.0 Å². The van der Waals surface area contributed by atoms with Crippen LogP contribution in [0.15, 0.2) is 18.2 Å². The van der Waals surface area contributed by atoms with Gasteiger partial charge in [-0.2, -0.15) is 0 Å². The molecule has 0 aliphatic carbocycles. The first-order valence-corrected chi connectivity index (χ1v) is 4.85. The largest absolute Gasteiger partial charge is 0.495 e. The van der Waals surface area contributed by atoms with Crippen LogP contribution in [0.2, 0.25) is 0 Å². The molecule has 4 nitrogen and oxygen atoms in total. The lowest BCUT2D eigenvalue weighted by Crippen LogP contribution is -2.29. The number of carbonyl (C=O) groups is 1. The normalized spacial score (nSPS) is 14.3. The van der Waals surface area contributed by atoms with Crippen LogP contribution < -0.4 is 9.64 Å². The highest BCUT2D eigenvalue weighted by Gasteiger charge is 2.29. The van der Waals surface area contributed by atoms with Crippen LogP contribution in [0.4, 0.5) is 5.69 Å². The summed E-state index contributed by atoms with van der Waals surface area (Å²) in [6, 6.07) is 5.60. The molecule has 1 aliphatic heterocycles. The zero-order valence-electron chi connectivity index (χ0n) is 8.56. The number of aliphatic hydroxyl groups is 1. The van der Waals surface area contributed by atoms with E-state index in [9.17, 15) is 4.79 Å². The van der Waals surface area contributed by atoms with Gasteiger partial charge < -0.3 is 14.7 Å². The third-order valence-corrected chi connectivity index (χ3v) is 2.54. The van der Waals surface area contributed by atoms with Gasteiger partial charge in [0.25, 0.3) is 0 Å². The molecule has 0 unspecified atom stereocenters. The number of benzene rings is 1. The highest BCUT2D eigenvalue weighted by atomic mass is 16.5. The molecule has 4 heteroatoms. The van der Waals surface area contributed by atoms with Crippen LogP contribution in [0.5, 0.6) is 5.75 Å². The smallest absolute Gasteiger partial charge is 0.231 e. The molecule has 0 radical (unpaired) electrons. The van der Waals surface area contributed by atoms with Crippen molar-refractivity contribution in [1.82, 2.24) is 0 Å². The molecule has 0 spiro atoms. The summed E-state index contributed by atoms with van der Waals surface area (Å²) < 4.78 is 5.21. The van der Waals surface area contributed by atoms with Crippen LogP contribution in [0, 0.1) is 0 Å². The van der Waals surface area contributed by atoms with E-state index in [2.05, 4.69) is 0 Å². The van der Waals surface area contributed by atoms with Gasteiger partial charge in [-0.1, -0.05) is 12.1 Å². The molecule has 0 aromatic heterocycles. The number of β-amino-alcohol motifs (C(OH)–C–C–N with tert-alkyl or cyclic N) is 1. The van der Waals surface area contributed by atoms with Gasteiger partial charge in [0.15, 0.2) is 0 Å². The number of nitrogens with zero attached hydrogens (tertiary/aromatic N) is 1. The molecule has 80 valence electrons. The number of hydrogen-bond donors (Lipinski definition) is 1. The zero-order valence-corrected chi connectivity index (χ0v) is 8.56. The van der Waals surface area contributed by atoms with Gasteiger partial charge >= 0.3 is 0 Å². The van der Waals surface area contributed by atoms with Crippen LogP contribution in [-0.4, -0.2) is 31.3 Å². The minimum absolute atomic E-state index is 0.0172. The number of anilines is 1. The third-order valence-electron chi connectivity index (χ3n) is 2.54. The highest BCUT2D eigenvalue weighted by molar-refractivity contribution is 6.03. The third kappa shape index (κ3) is 1.57. The summed E-state index contributed by atoms with van der Waals surface area (Å²) in [5, 5.41) is 8.90. The Kier molecular flexibility index (Phi) is 2.60. The molecule has 1 aromatic rings. The van der Waals surface area contributed by atoms with E-state index in [1.807, 2.05) is 18.2 Å².